The quantitative estimate of drug-likeness (QED) is 0.594. The lowest BCUT2D eigenvalue weighted by Gasteiger charge is -2.38. The third kappa shape index (κ3) is 5.00. The number of hydrogen-bond acceptors (Lipinski definition) is 4. The summed E-state index contributed by atoms with van der Waals surface area (Å²) < 4.78 is 2.63. The molecular weight excluding hydrogens is 432 g/mol. The highest BCUT2D eigenvalue weighted by atomic mass is 79.9. The Bertz CT molecular complexity index is 934. The summed E-state index contributed by atoms with van der Waals surface area (Å²) in [6, 6.07) is 11.7. The summed E-state index contributed by atoms with van der Waals surface area (Å²) >= 11 is 3.48. The van der Waals surface area contributed by atoms with Crippen LogP contribution < -0.4 is 10.6 Å². The van der Waals surface area contributed by atoms with Crippen molar-refractivity contribution >= 4 is 27.6 Å². The van der Waals surface area contributed by atoms with E-state index < -0.39 is 0 Å². The Morgan fingerprint density at radius 3 is 2.55 bits per heavy atom. The first-order valence-electron chi connectivity index (χ1n) is 9.77. The van der Waals surface area contributed by atoms with Crippen LogP contribution in [-0.2, 0) is 6.42 Å². The van der Waals surface area contributed by atoms with Crippen LogP contribution in [-0.4, -0.2) is 31.3 Å². The van der Waals surface area contributed by atoms with Crippen LogP contribution in [0.3, 0.4) is 0 Å². The number of nitrogens with one attached hydrogen (secondary N) is 2. The first-order valence-corrected chi connectivity index (χ1v) is 10.6. The van der Waals surface area contributed by atoms with E-state index in [0.29, 0.717) is 11.5 Å². The van der Waals surface area contributed by atoms with Crippen molar-refractivity contribution in [3.63, 3.8) is 0 Å². The van der Waals surface area contributed by atoms with E-state index in [1.165, 1.54) is 18.3 Å². The van der Waals surface area contributed by atoms with Gasteiger partial charge in [-0.2, -0.15) is 5.10 Å². The lowest BCUT2D eigenvalue weighted by Crippen LogP contribution is -2.52. The molecule has 7 nitrogen and oxygen atoms in total. The van der Waals surface area contributed by atoms with E-state index in [-0.39, 0.29) is 11.6 Å². The number of carbonyl (C=O) groups excluding carboxylic acids is 1. The molecule has 0 bridgehead atoms. The van der Waals surface area contributed by atoms with Crippen LogP contribution in [0, 0.1) is 0 Å². The summed E-state index contributed by atoms with van der Waals surface area (Å²) in [6.07, 6.45) is 10.9. The zero-order chi connectivity index (χ0) is 20.1. The summed E-state index contributed by atoms with van der Waals surface area (Å²) in [7, 11) is 0. The van der Waals surface area contributed by atoms with Crippen molar-refractivity contribution in [2.75, 3.05) is 5.32 Å². The topological polar surface area (TPSA) is 84.7 Å². The number of carbonyl (C=O) groups is 1. The Kier molecular flexibility index (Phi) is 5.89. The van der Waals surface area contributed by atoms with Gasteiger partial charge in [0.1, 0.15) is 12.7 Å². The number of rotatable bonds is 5. The molecule has 0 atom stereocenters. The van der Waals surface area contributed by atoms with Crippen molar-refractivity contribution < 1.29 is 4.79 Å². The van der Waals surface area contributed by atoms with Crippen molar-refractivity contribution in [2.24, 2.45) is 0 Å². The maximum Gasteiger partial charge on any atom is 0.319 e. The third-order valence-corrected chi connectivity index (χ3v) is 5.83. The van der Waals surface area contributed by atoms with Crippen molar-refractivity contribution in [3.05, 3.63) is 65.3 Å². The molecule has 2 amide bonds. The van der Waals surface area contributed by atoms with Crippen molar-refractivity contribution in [1.29, 1.82) is 0 Å². The lowest BCUT2D eigenvalue weighted by atomic mass is 9.77. The van der Waals surface area contributed by atoms with Gasteiger partial charge in [0.2, 0.25) is 0 Å². The third-order valence-electron chi connectivity index (χ3n) is 5.30. The van der Waals surface area contributed by atoms with Crippen molar-refractivity contribution in [2.45, 2.75) is 44.1 Å². The molecule has 0 saturated heterocycles. The fraction of sp³-hybridized carbons (Fsp3) is 0.333. The highest BCUT2D eigenvalue weighted by molar-refractivity contribution is 9.10. The molecule has 3 aromatic rings. The Morgan fingerprint density at radius 1 is 1.10 bits per heavy atom. The van der Waals surface area contributed by atoms with E-state index in [9.17, 15) is 4.79 Å². The molecule has 0 radical (unpaired) electrons. The number of amides is 2. The molecule has 150 valence electrons. The number of hydrogen-bond donors (Lipinski definition) is 2. The Morgan fingerprint density at radius 2 is 1.90 bits per heavy atom. The fourth-order valence-corrected chi connectivity index (χ4v) is 4.16. The van der Waals surface area contributed by atoms with E-state index in [2.05, 4.69) is 53.8 Å². The SMILES string of the molecule is O=C(Nc1ccc(-n2cncn2)nc1)NC1(Cc2ccc(Br)cc2)CCCCC1. The molecule has 1 aliphatic carbocycles. The van der Waals surface area contributed by atoms with Crippen LogP contribution in [0.25, 0.3) is 5.82 Å². The van der Waals surface area contributed by atoms with Crippen LogP contribution in [0.1, 0.15) is 37.7 Å². The second-order valence-electron chi connectivity index (χ2n) is 7.47. The van der Waals surface area contributed by atoms with Crippen LogP contribution >= 0.6 is 15.9 Å². The number of nitrogens with zero attached hydrogens (tertiary/aromatic N) is 4. The van der Waals surface area contributed by atoms with Gasteiger partial charge in [-0.1, -0.05) is 47.3 Å². The number of anilines is 1. The summed E-state index contributed by atoms with van der Waals surface area (Å²) in [5.74, 6) is 0.646. The van der Waals surface area contributed by atoms with Gasteiger partial charge in [-0.25, -0.2) is 19.4 Å². The van der Waals surface area contributed by atoms with E-state index in [1.54, 1.807) is 23.3 Å². The molecule has 29 heavy (non-hydrogen) atoms. The molecule has 4 rings (SSSR count). The summed E-state index contributed by atoms with van der Waals surface area (Å²) in [4.78, 5) is 21.0. The van der Waals surface area contributed by atoms with Gasteiger partial charge >= 0.3 is 6.03 Å². The average molecular weight is 455 g/mol. The second kappa shape index (κ2) is 8.73. The first-order chi connectivity index (χ1) is 14.1. The predicted octanol–water partition coefficient (Wildman–Crippen LogP) is 4.49. The monoisotopic (exact) mass is 454 g/mol. The Labute approximate surface area is 178 Å². The maximum absolute atomic E-state index is 12.8. The van der Waals surface area contributed by atoms with E-state index >= 15 is 0 Å². The summed E-state index contributed by atoms with van der Waals surface area (Å²) in [5, 5.41) is 10.2. The number of pyridine rings is 1. The zero-order valence-corrected chi connectivity index (χ0v) is 17.6. The van der Waals surface area contributed by atoms with Gasteiger partial charge in [-0.3, -0.25) is 0 Å². The molecule has 0 aliphatic heterocycles. The molecule has 1 aromatic carbocycles. The van der Waals surface area contributed by atoms with E-state index in [0.717, 1.165) is 36.6 Å². The Balaban J connectivity index is 1.43. The van der Waals surface area contributed by atoms with Gasteiger partial charge in [0, 0.05) is 10.0 Å². The average Bonchev–Trinajstić information content (AvgIpc) is 3.26. The summed E-state index contributed by atoms with van der Waals surface area (Å²) in [6.45, 7) is 0. The molecule has 0 unspecified atom stereocenters. The molecule has 1 aliphatic rings. The first kappa shape index (κ1) is 19.6. The molecule has 0 spiro atoms. The van der Waals surface area contributed by atoms with E-state index in [1.807, 2.05) is 18.2 Å². The molecule has 8 heteroatoms. The smallest absolute Gasteiger partial charge is 0.319 e. The van der Waals surface area contributed by atoms with Gasteiger partial charge in [0.15, 0.2) is 5.82 Å². The van der Waals surface area contributed by atoms with E-state index in [4.69, 9.17) is 0 Å². The van der Waals surface area contributed by atoms with Crippen LogP contribution in [0.2, 0.25) is 0 Å². The number of urea groups is 1. The zero-order valence-electron chi connectivity index (χ0n) is 16.0. The minimum atomic E-state index is -0.218. The van der Waals surface area contributed by atoms with Gasteiger partial charge in [0.25, 0.3) is 0 Å². The summed E-state index contributed by atoms with van der Waals surface area (Å²) in [5.41, 5.74) is 1.65. The largest absolute Gasteiger partial charge is 0.332 e. The van der Waals surface area contributed by atoms with Gasteiger partial charge in [0.05, 0.1) is 11.9 Å². The minimum Gasteiger partial charge on any atom is -0.332 e. The number of aromatic nitrogens is 4. The molecular formula is C21H23BrN6O. The molecule has 2 heterocycles. The van der Waals surface area contributed by atoms with Crippen molar-refractivity contribution in [3.8, 4) is 5.82 Å². The van der Waals surface area contributed by atoms with Crippen LogP contribution in [0.5, 0.6) is 0 Å². The normalized spacial score (nSPS) is 15.6. The molecule has 2 N–H and O–H groups in total. The predicted molar refractivity (Wildman–Crippen MR) is 115 cm³/mol. The number of benzene rings is 1. The highest BCUT2D eigenvalue weighted by Gasteiger charge is 2.33. The number of halogens is 1. The van der Waals surface area contributed by atoms with Crippen LogP contribution in [0.15, 0.2) is 59.7 Å². The van der Waals surface area contributed by atoms with Gasteiger partial charge in [-0.15, -0.1) is 0 Å². The second-order valence-corrected chi connectivity index (χ2v) is 8.38. The standard InChI is InChI=1S/C21H23BrN6O/c22-17-6-4-16(5-7-17)12-21(10-2-1-3-11-21)27-20(29)26-18-8-9-19(24-13-18)28-15-23-14-25-28/h4-9,13-15H,1-3,10-12H2,(H2,26,27,29). The Hall–Kier alpha value is -2.74. The minimum absolute atomic E-state index is 0.195. The van der Waals surface area contributed by atoms with Gasteiger partial charge in [-0.05, 0) is 49.1 Å². The maximum atomic E-state index is 12.8. The lowest BCUT2D eigenvalue weighted by molar-refractivity contribution is 0.211. The van der Waals surface area contributed by atoms with Crippen molar-refractivity contribution in [1.82, 2.24) is 25.1 Å². The highest BCUT2D eigenvalue weighted by Crippen LogP contribution is 2.32. The molecule has 1 saturated carbocycles. The molecule has 1 fully saturated rings. The van der Waals surface area contributed by atoms with Gasteiger partial charge < -0.3 is 10.6 Å². The fourth-order valence-electron chi connectivity index (χ4n) is 3.89. The van der Waals surface area contributed by atoms with Crippen LogP contribution in [0.4, 0.5) is 10.5 Å². The molecule has 2 aromatic heterocycles.